The van der Waals surface area contributed by atoms with E-state index < -0.39 is 0 Å². The lowest BCUT2D eigenvalue weighted by Crippen LogP contribution is -2.52. The summed E-state index contributed by atoms with van der Waals surface area (Å²) in [5, 5.41) is 3.00. The first-order valence-electron chi connectivity index (χ1n) is 10.8. The van der Waals surface area contributed by atoms with Crippen molar-refractivity contribution < 1.29 is 14.3 Å². The third kappa shape index (κ3) is 4.48. The molecule has 148 valence electrons. The minimum Gasteiger partial charge on any atom is -0.494 e. The Labute approximate surface area is 163 Å². The molecule has 4 fully saturated rings. The van der Waals surface area contributed by atoms with Gasteiger partial charge in [-0.15, -0.1) is 0 Å². The van der Waals surface area contributed by atoms with E-state index in [0.29, 0.717) is 18.7 Å². The average molecular weight is 372 g/mol. The smallest absolute Gasteiger partial charge is 0.251 e. The fraction of sp³-hybridized carbons (Fsp3) is 0.696. The van der Waals surface area contributed by atoms with E-state index in [1.807, 2.05) is 24.3 Å². The molecular weight excluding hydrogens is 338 g/mol. The minimum atomic E-state index is -0.0378. The minimum absolute atomic E-state index is 0.0378. The van der Waals surface area contributed by atoms with Crippen molar-refractivity contribution >= 4 is 5.91 Å². The molecule has 4 aliphatic rings. The summed E-state index contributed by atoms with van der Waals surface area (Å²) in [5.41, 5.74) is 0.796. The molecule has 0 atom stereocenters. The lowest BCUT2D eigenvalue weighted by molar-refractivity contribution is -0.160. The highest BCUT2D eigenvalue weighted by Gasteiger charge is 2.51. The Bertz CT molecular complexity index is 604. The zero-order valence-corrected chi connectivity index (χ0v) is 16.5. The Hall–Kier alpha value is -1.55. The Morgan fingerprint density at radius 3 is 2.26 bits per heavy atom. The van der Waals surface area contributed by atoms with Crippen LogP contribution < -0.4 is 10.1 Å². The van der Waals surface area contributed by atoms with E-state index in [2.05, 4.69) is 12.2 Å². The number of nitrogens with one attached hydrogen (secondary N) is 1. The van der Waals surface area contributed by atoms with E-state index in [-0.39, 0.29) is 11.5 Å². The molecule has 1 N–H and O–H groups in total. The molecule has 0 radical (unpaired) electrons. The van der Waals surface area contributed by atoms with Gasteiger partial charge in [0.1, 0.15) is 5.75 Å². The standard InChI is InChI=1S/C23H33NO3/c1-2-3-9-26-21-6-4-20(5-7-21)22(25)24-8-10-27-23-14-17-11-18(15-23)13-19(12-17)16-23/h4-7,17-19H,2-3,8-16H2,1H3,(H,24,25). The van der Waals surface area contributed by atoms with Crippen LogP contribution in [-0.2, 0) is 4.74 Å². The zero-order valence-electron chi connectivity index (χ0n) is 16.5. The molecule has 4 aliphatic carbocycles. The van der Waals surface area contributed by atoms with E-state index in [1.54, 1.807) is 0 Å². The number of amides is 1. The van der Waals surface area contributed by atoms with Crippen molar-refractivity contribution in [2.75, 3.05) is 19.8 Å². The van der Waals surface area contributed by atoms with Gasteiger partial charge in [-0.2, -0.15) is 0 Å². The lowest BCUT2D eigenvalue weighted by Gasteiger charge is -2.56. The second kappa shape index (κ2) is 8.22. The van der Waals surface area contributed by atoms with Crippen LogP contribution in [0, 0.1) is 17.8 Å². The molecule has 0 aromatic heterocycles. The summed E-state index contributed by atoms with van der Waals surface area (Å²) in [5.74, 6) is 3.46. The molecular formula is C23H33NO3. The molecule has 5 rings (SSSR count). The van der Waals surface area contributed by atoms with E-state index in [4.69, 9.17) is 9.47 Å². The summed E-state index contributed by atoms with van der Waals surface area (Å²) >= 11 is 0. The van der Waals surface area contributed by atoms with Crippen molar-refractivity contribution in [1.82, 2.24) is 5.32 Å². The van der Waals surface area contributed by atoms with Crippen molar-refractivity contribution in [3.05, 3.63) is 29.8 Å². The molecule has 1 aromatic carbocycles. The SMILES string of the molecule is CCCCOc1ccc(C(=O)NCCOC23CC4CC(CC(C4)C2)C3)cc1. The Morgan fingerprint density at radius 1 is 1.04 bits per heavy atom. The van der Waals surface area contributed by atoms with Gasteiger partial charge in [0.25, 0.3) is 5.91 Å². The first-order chi connectivity index (χ1) is 13.2. The van der Waals surface area contributed by atoms with Crippen LogP contribution in [0.4, 0.5) is 0 Å². The topological polar surface area (TPSA) is 47.6 Å². The third-order valence-corrected chi connectivity index (χ3v) is 6.66. The Balaban J connectivity index is 1.20. The highest BCUT2D eigenvalue weighted by Crippen LogP contribution is 2.57. The monoisotopic (exact) mass is 371 g/mol. The van der Waals surface area contributed by atoms with Crippen molar-refractivity contribution in [2.24, 2.45) is 17.8 Å². The average Bonchev–Trinajstić information content (AvgIpc) is 2.65. The zero-order chi connectivity index (χ0) is 18.7. The number of hydrogen-bond donors (Lipinski definition) is 1. The van der Waals surface area contributed by atoms with Crippen LogP contribution in [0.3, 0.4) is 0 Å². The van der Waals surface area contributed by atoms with Gasteiger partial charge >= 0.3 is 0 Å². The molecule has 4 heteroatoms. The molecule has 1 amide bonds. The number of carbonyl (C=O) groups is 1. The van der Waals surface area contributed by atoms with Gasteiger partial charge in [-0.1, -0.05) is 13.3 Å². The van der Waals surface area contributed by atoms with Crippen LogP contribution in [0.1, 0.15) is 68.6 Å². The normalized spacial score (nSPS) is 31.1. The molecule has 1 aromatic rings. The van der Waals surface area contributed by atoms with Crippen LogP contribution in [0.25, 0.3) is 0 Å². The summed E-state index contributed by atoms with van der Waals surface area (Å²) < 4.78 is 12.0. The summed E-state index contributed by atoms with van der Waals surface area (Å²) in [6.45, 7) is 4.07. The molecule has 0 saturated heterocycles. The van der Waals surface area contributed by atoms with E-state index >= 15 is 0 Å². The number of carbonyl (C=O) groups excluding carboxylic acids is 1. The van der Waals surface area contributed by atoms with Crippen LogP contribution in [0.5, 0.6) is 5.75 Å². The van der Waals surface area contributed by atoms with E-state index in [9.17, 15) is 4.79 Å². The molecule has 0 aliphatic heterocycles. The van der Waals surface area contributed by atoms with Gasteiger partial charge in [-0.05, 0) is 87.0 Å². The fourth-order valence-electron chi connectivity index (χ4n) is 5.78. The van der Waals surface area contributed by atoms with Crippen molar-refractivity contribution in [1.29, 1.82) is 0 Å². The van der Waals surface area contributed by atoms with Gasteiger partial charge in [-0.25, -0.2) is 0 Å². The van der Waals surface area contributed by atoms with E-state index in [1.165, 1.54) is 38.5 Å². The summed E-state index contributed by atoms with van der Waals surface area (Å²) in [4.78, 5) is 12.3. The van der Waals surface area contributed by atoms with Gasteiger partial charge < -0.3 is 14.8 Å². The number of unbranched alkanes of at least 4 members (excludes halogenated alkanes) is 1. The van der Waals surface area contributed by atoms with Gasteiger partial charge in [0.15, 0.2) is 0 Å². The van der Waals surface area contributed by atoms with Gasteiger partial charge in [0, 0.05) is 12.1 Å². The van der Waals surface area contributed by atoms with Crippen LogP contribution in [0.2, 0.25) is 0 Å². The predicted molar refractivity (Wildman–Crippen MR) is 106 cm³/mol. The van der Waals surface area contributed by atoms with Gasteiger partial charge in [-0.3, -0.25) is 4.79 Å². The second-order valence-corrected chi connectivity index (χ2v) is 8.93. The number of ether oxygens (including phenoxy) is 2. The van der Waals surface area contributed by atoms with Crippen molar-refractivity contribution in [2.45, 2.75) is 63.9 Å². The highest BCUT2D eigenvalue weighted by atomic mass is 16.5. The van der Waals surface area contributed by atoms with Gasteiger partial charge in [0.2, 0.25) is 0 Å². The lowest BCUT2D eigenvalue weighted by atomic mass is 9.54. The summed E-state index contributed by atoms with van der Waals surface area (Å²) in [6, 6.07) is 7.40. The fourth-order valence-corrected chi connectivity index (χ4v) is 5.78. The largest absolute Gasteiger partial charge is 0.494 e. The molecule has 4 nitrogen and oxygen atoms in total. The van der Waals surface area contributed by atoms with Crippen molar-refractivity contribution in [3.8, 4) is 5.75 Å². The van der Waals surface area contributed by atoms with Crippen molar-refractivity contribution in [3.63, 3.8) is 0 Å². The predicted octanol–water partition coefficient (Wildman–Crippen LogP) is 4.58. The number of hydrogen-bond acceptors (Lipinski definition) is 3. The maximum atomic E-state index is 12.3. The first kappa shape index (κ1) is 18.8. The molecule has 4 saturated carbocycles. The maximum Gasteiger partial charge on any atom is 0.251 e. The van der Waals surface area contributed by atoms with Crippen LogP contribution in [-0.4, -0.2) is 31.3 Å². The molecule has 27 heavy (non-hydrogen) atoms. The quantitative estimate of drug-likeness (QED) is 0.646. The molecule has 0 unspecified atom stereocenters. The molecule has 0 spiro atoms. The first-order valence-corrected chi connectivity index (χ1v) is 10.8. The Kier molecular flexibility index (Phi) is 5.72. The number of benzene rings is 1. The maximum absolute atomic E-state index is 12.3. The third-order valence-electron chi connectivity index (χ3n) is 6.66. The van der Waals surface area contributed by atoms with E-state index in [0.717, 1.165) is 43.0 Å². The van der Waals surface area contributed by atoms with Crippen LogP contribution >= 0.6 is 0 Å². The second-order valence-electron chi connectivity index (χ2n) is 8.93. The molecule has 4 bridgehead atoms. The number of rotatable bonds is 9. The molecule has 0 heterocycles. The summed E-state index contributed by atoms with van der Waals surface area (Å²) in [7, 11) is 0. The highest BCUT2D eigenvalue weighted by molar-refractivity contribution is 5.94. The van der Waals surface area contributed by atoms with Crippen LogP contribution in [0.15, 0.2) is 24.3 Å². The Morgan fingerprint density at radius 2 is 1.67 bits per heavy atom. The van der Waals surface area contributed by atoms with Gasteiger partial charge in [0.05, 0.1) is 18.8 Å². The summed E-state index contributed by atoms with van der Waals surface area (Å²) in [6.07, 6.45) is 10.2.